The normalized spacial score (nSPS) is 33.0. The van der Waals surface area contributed by atoms with Gasteiger partial charge in [-0.25, -0.2) is 0 Å². The predicted molar refractivity (Wildman–Crippen MR) is 252 cm³/mol. The minimum atomic E-state index is -1.13. The van der Waals surface area contributed by atoms with Gasteiger partial charge in [-0.05, 0) is 112 Å². The van der Waals surface area contributed by atoms with E-state index < -0.39 is 46.2 Å². The van der Waals surface area contributed by atoms with Crippen LogP contribution in [0.25, 0.3) is 10.8 Å². The molecule has 6 aliphatic carbocycles. The van der Waals surface area contributed by atoms with E-state index in [2.05, 4.69) is 9.80 Å². The van der Waals surface area contributed by atoms with Crippen LogP contribution in [0, 0.1) is 11.8 Å². The van der Waals surface area contributed by atoms with Crippen molar-refractivity contribution in [2.45, 2.75) is 136 Å². The molecule has 4 aromatic rings. The number of ether oxygens (including phenoxy) is 6. The highest BCUT2D eigenvalue weighted by molar-refractivity contribution is 5.97. The smallest absolute Gasteiger partial charge is 0.315 e. The van der Waals surface area contributed by atoms with Crippen molar-refractivity contribution in [1.29, 1.82) is 0 Å². The maximum absolute atomic E-state index is 13.9. The van der Waals surface area contributed by atoms with Gasteiger partial charge >= 0.3 is 11.9 Å². The minimum Gasteiger partial charge on any atom is -0.496 e. The Morgan fingerprint density at radius 2 is 1.04 bits per heavy atom. The molecule has 70 heavy (non-hydrogen) atoms. The molecular weight excluding hydrogens is 893 g/mol. The van der Waals surface area contributed by atoms with Gasteiger partial charge in [0.2, 0.25) is 0 Å². The SMILES string of the molecule is COc1c(CC(=O)Oc2ccc3c4c2O[C@H]2C(=O)CC[C@@]5(O)[C@@H](C3)N(CC3CC3)CCC425)ccc2c(OC)c(CC(=O)Oc3ccc4c5c3O[C@H]3C(=O)CC[C@@]6(O)[C@@H](C4)N(CC4CC4)CC[C@]536)ccc12. The predicted octanol–water partition coefficient (Wildman–Crippen LogP) is 5.42. The summed E-state index contributed by atoms with van der Waals surface area (Å²) in [5.74, 6) is 2.35. The highest BCUT2D eigenvalue weighted by Gasteiger charge is 2.75. The van der Waals surface area contributed by atoms with E-state index in [4.69, 9.17) is 28.4 Å². The fourth-order valence-electron chi connectivity index (χ4n) is 15.5. The summed E-state index contributed by atoms with van der Waals surface area (Å²) in [6.07, 6.45) is 6.71. The van der Waals surface area contributed by atoms with Crippen LogP contribution in [-0.4, -0.2) is 119 Å². The number of likely N-dealkylation sites (tertiary alicyclic amines) is 2. The average molecular weight is 951 g/mol. The molecule has 14 rings (SSSR count). The van der Waals surface area contributed by atoms with E-state index in [1.807, 2.05) is 24.3 Å². The lowest BCUT2D eigenvalue weighted by Crippen LogP contribution is -2.76. The van der Waals surface area contributed by atoms with Gasteiger partial charge in [0, 0.05) is 71.0 Å². The van der Waals surface area contributed by atoms with E-state index >= 15 is 0 Å². The molecule has 6 fully saturated rings. The van der Waals surface area contributed by atoms with Crippen LogP contribution in [0.2, 0.25) is 0 Å². The van der Waals surface area contributed by atoms with Gasteiger partial charge in [-0.3, -0.25) is 29.0 Å². The second-order valence-corrected chi connectivity index (χ2v) is 22.3. The largest absolute Gasteiger partial charge is 0.496 e. The first-order chi connectivity index (χ1) is 33.9. The van der Waals surface area contributed by atoms with Crippen molar-refractivity contribution < 1.29 is 57.8 Å². The number of esters is 2. The summed E-state index contributed by atoms with van der Waals surface area (Å²) in [6.45, 7) is 3.49. The maximum atomic E-state index is 13.9. The van der Waals surface area contributed by atoms with E-state index in [1.165, 1.54) is 39.9 Å². The highest BCUT2D eigenvalue weighted by atomic mass is 16.6. The molecule has 1 unspecified atom stereocenters. The molecule has 0 radical (unpaired) electrons. The lowest BCUT2D eigenvalue weighted by molar-refractivity contribution is -0.188. The highest BCUT2D eigenvalue weighted by Crippen LogP contribution is 2.67. The van der Waals surface area contributed by atoms with Crippen molar-refractivity contribution >= 4 is 34.3 Å². The molecule has 2 saturated heterocycles. The van der Waals surface area contributed by atoms with Crippen molar-refractivity contribution in [3.8, 4) is 34.5 Å². The van der Waals surface area contributed by atoms with E-state index in [0.717, 1.165) is 48.4 Å². The van der Waals surface area contributed by atoms with Gasteiger partial charge in [0.1, 0.15) is 11.5 Å². The van der Waals surface area contributed by atoms with E-state index in [9.17, 15) is 29.4 Å². The molecule has 2 N–H and O–H groups in total. The Labute approximate surface area is 405 Å². The first-order valence-electron chi connectivity index (χ1n) is 25.6. The first kappa shape index (κ1) is 43.3. The van der Waals surface area contributed by atoms with Crippen molar-refractivity contribution in [2.24, 2.45) is 11.8 Å². The standard InChI is InChI=1S/C56H58N2O12/c1-65-47-33(25-43(61)67-39-13-9-31-23-41-55(63)17-15-37(59)51-53(55,45(31)49(39)69-51)19-21-57(41)27-29-3-4-29)7-12-36-35(47)11-8-34(48(36)66-2)26-44(62)68-40-14-10-32-24-42-56(64)18-16-38(60)52-54(56,46(32)50(40)70-52)20-22-58(42)28-30-5-6-30/h7-14,29-30,41-42,51-52,63-64H,3-6,15-28H2,1-2H3/t41-,42-,51+,52+,53+,54?,55-,56-/m1/s1. The van der Waals surface area contributed by atoms with E-state index in [1.54, 1.807) is 24.3 Å². The number of benzene rings is 4. The molecule has 2 spiro atoms. The molecule has 4 bridgehead atoms. The van der Waals surface area contributed by atoms with Gasteiger partial charge in [-0.1, -0.05) is 36.4 Å². The number of Topliss-reactive ketones (excluding diaryl/α,β-unsaturated/α-hetero) is 2. The number of methoxy groups -OCH3 is 2. The molecule has 8 atom stereocenters. The number of rotatable bonds is 12. The summed E-state index contributed by atoms with van der Waals surface area (Å²) >= 11 is 0. The van der Waals surface area contributed by atoms with Crippen LogP contribution in [0.5, 0.6) is 34.5 Å². The number of nitrogens with zero attached hydrogens (tertiary/aromatic N) is 2. The fraction of sp³-hybridized carbons (Fsp3) is 0.536. The number of aliphatic hydroxyl groups is 2. The molecular formula is C56H58N2O12. The Balaban J connectivity index is 0.713. The summed E-state index contributed by atoms with van der Waals surface area (Å²) in [7, 11) is 3.07. The molecule has 14 heteroatoms. The number of ketones is 2. The molecule has 4 saturated carbocycles. The third kappa shape index (κ3) is 5.76. The summed E-state index contributed by atoms with van der Waals surface area (Å²) in [5, 5.41) is 26.7. The molecule has 14 nitrogen and oxygen atoms in total. The van der Waals surface area contributed by atoms with Crippen LogP contribution in [0.1, 0.15) is 97.6 Å². The second kappa shape index (κ2) is 15.0. The zero-order valence-corrected chi connectivity index (χ0v) is 39.7. The Kier molecular flexibility index (Phi) is 9.27. The minimum absolute atomic E-state index is 0.0214. The summed E-state index contributed by atoms with van der Waals surface area (Å²) in [6, 6.07) is 14.5. The van der Waals surface area contributed by atoms with Gasteiger partial charge in [-0.2, -0.15) is 0 Å². The van der Waals surface area contributed by atoms with Crippen molar-refractivity contribution in [1.82, 2.24) is 9.80 Å². The molecule has 4 aromatic carbocycles. The lowest BCUT2D eigenvalue weighted by atomic mass is 9.49. The van der Waals surface area contributed by atoms with Crippen LogP contribution in [-0.2, 0) is 55.7 Å². The Hall–Kier alpha value is -5.54. The Morgan fingerprint density at radius 1 is 0.614 bits per heavy atom. The Bertz CT molecular complexity index is 2800. The van der Waals surface area contributed by atoms with E-state index in [0.29, 0.717) is 95.3 Å². The van der Waals surface area contributed by atoms with Gasteiger partial charge in [-0.15, -0.1) is 0 Å². The van der Waals surface area contributed by atoms with Gasteiger partial charge in [0.15, 0.2) is 46.8 Å². The van der Waals surface area contributed by atoms with Gasteiger partial charge < -0.3 is 38.6 Å². The number of hydrogen-bond acceptors (Lipinski definition) is 14. The van der Waals surface area contributed by atoms with Crippen LogP contribution in [0.15, 0.2) is 48.5 Å². The van der Waals surface area contributed by atoms with Crippen molar-refractivity contribution in [3.63, 3.8) is 0 Å². The van der Waals surface area contributed by atoms with Crippen LogP contribution >= 0.6 is 0 Å². The fourth-order valence-corrected chi connectivity index (χ4v) is 15.5. The molecule has 364 valence electrons. The quantitative estimate of drug-likeness (QED) is 0.136. The number of carbonyl (C=O) groups is 4. The number of hydrogen-bond donors (Lipinski definition) is 2. The van der Waals surface area contributed by atoms with Gasteiger partial charge in [0.05, 0.1) is 49.1 Å². The average Bonchev–Trinajstić information content (AvgIpc) is 4.28. The lowest BCUT2D eigenvalue weighted by Gasteiger charge is -2.62. The maximum Gasteiger partial charge on any atom is 0.315 e. The summed E-state index contributed by atoms with van der Waals surface area (Å²) < 4.78 is 37.2. The van der Waals surface area contributed by atoms with E-state index in [-0.39, 0.29) is 60.8 Å². The van der Waals surface area contributed by atoms with Crippen LogP contribution in [0.3, 0.4) is 0 Å². The van der Waals surface area contributed by atoms with Crippen molar-refractivity contribution in [2.75, 3.05) is 40.4 Å². The first-order valence-corrected chi connectivity index (χ1v) is 25.6. The zero-order valence-electron chi connectivity index (χ0n) is 39.7. The summed E-state index contributed by atoms with van der Waals surface area (Å²) in [5.41, 5.74) is 0.865. The molecule has 0 amide bonds. The second-order valence-electron chi connectivity index (χ2n) is 22.3. The molecule has 4 aliphatic heterocycles. The van der Waals surface area contributed by atoms with Crippen LogP contribution < -0.4 is 28.4 Å². The zero-order chi connectivity index (χ0) is 47.6. The molecule has 4 heterocycles. The van der Waals surface area contributed by atoms with Crippen molar-refractivity contribution in [3.05, 3.63) is 81.9 Å². The number of carbonyl (C=O) groups excluding carboxylic acids is 4. The molecule has 0 aromatic heterocycles. The molecule has 10 aliphatic rings. The van der Waals surface area contributed by atoms with Crippen LogP contribution in [0.4, 0.5) is 0 Å². The summed E-state index contributed by atoms with van der Waals surface area (Å²) in [4.78, 5) is 60.1. The Morgan fingerprint density at radius 3 is 1.44 bits per heavy atom. The number of piperidine rings is 2. The number of fused-ring (bicyclic) bond motifs is 1. The van der Waals surface area contributed by atoms with Gasteiger partial charge in [0.25, 0.3) is 0 Å². The third-order valence-corrected chi connectivity index (χ3v) is 18.9. The monoisotopic (exact) mass is 950 g/mol. The third-order valence-electron chi connectivity index (χ3n) is 18.9. The topological polar surface area (TPSA) is 171 Å².